The summed E-state index contributed by atoms with van der Waals surface area (Å²) >= 11 is 6.33. The molecule has 1 aliphatic carbocycles. The Hall–Kier alpha value is -0.640. The molecule has 0 heterocycles. The molecule has 3 atom stereocenters. The van der Waals surface area contributed by atoms with Crippen molar-refractivity contribution in [3.05, 3.63) is 34.6 Å². The van der Waals surface area contributed by atoms with Crippen molar-refractivity contribution in [3.63, 3.8) is 0 Å². The van der Waals surface area contributed by atoms with Crippen molar-refractivity contribution in [2.24, 2.45) is 5.92 Å². The second-order valence-corrected chi connectivity index (χ2v) is 6.49. The summed E-state index contributed by atoms with van der Waals surface area (Å²) in [7, 11) is 1.89. The number of ether oxygens (including phenoxy) is 1. The number of halogens is 2. The Morgan fingerprint density at radius 2 is 2.29 bits per heavy atom. The van der Waals surface area contributed by atoms with E-state index in [0.29, 0.717) is 17.5 Å². The lowest BCUT2D eigenvalue weighted by molar-refractivity contribution is -0.100. The molecule has 0 spiro atoms. The molecule has 0 bridgehead atoms. The number of likely N-dealkylation sites (N-methyl/N-ethyl adjacent to an activating group) is 1. The van der Waals surface area contributed by atoms with Crippen LogP contribution in [0, 0.1) is 11.7 Å². The van der Waals surface area contributed by atoms with Gasteiger partial charge < -0.3 is 10.1 Å². The van der Waals surface area contributed by atoms with Gasteiger partial charge in [-0.3, -0.25) is 0 Å². The predicted molar refractivity (Wildman–Crippen MR) is 85.2 cm³/mol. The summed E-state index contributed by atoms with van der Waals surface area (Å²) in [5.74, 6) is 0.346. The number of hydrogen-bond acceptors (Lipinski definition) is 2. The van der Waals surface area contributed by atoms with Gasteiger partial charge in [0, 0.05) is 11.6 Å². The van der Waals surface area contributed by atoms with E-state index in [9.17, 15) is 4.39 Å². The SMILES string of the molecule is CCOC1(C(NC)c2cc(F)ccc2Cl)CCCC(C)C1. The second kappa shape index (κ2) is 7.08. The number of benzene rings is 1. The Kier molecular flexibility index (Phi) is 5.64. The minimum absolute atomic E-state index is 0.0941. The molecule has 1 N–H and O–H groups in total. The molecule has 3 unspecified atom stereocenters. The third-order valence-corrected chi connectivity index (χ3v) is 4.85. The summed E-state index contributed by atoms with van der Waals surface area (Å²) in [5, 5.41) is 3.92. The first-order valence-electron chi connectivity index (χ1n) is 7.78. The Labute approximate surface area is 132 Å². The molecule has 2 rings (SSSR count). The maximum Gasteiger partial charge on any atom is 0.123 e. The molecule has 1 aliphatic rings. The molecular weight excluding hydrogens is 289 g/mol. The molecule has 2 nitrogen and oxygen atoms in total. The zero-order valence-electron chi connectivity index (χ0n) is 13.1. The number of hydrogen-bond donors (Lipinski definition) is 1. The van der Waals surface area contributed by atoms with E-state index >= 15 is 0 Å². The van der Waals surface area contributed by atoms with Crippen LogP contribution in [0.1, 0.15) is 51.1 Å². The average molecular weight is 314 g/mol. The maximum atomic E-state index is 13.7. The van der Waals surface area contributed by atoms with Gasteiger partial charge in [0.05, 0.1) is 11.6 Å². The highest BCUT2D eigenvalue weighted by Gasteiger charge is 2.43. The first kappa shape index (κ1) is 16.7. The molecule has 1 aromatic rings. The zero-order valence-corrected chi connectivity index (χ0v) is 13.8. The maximum absolute atomic E-state index is 13.7. The summed E-state index contributed by atoms with van der Waals surface area (Å²) in [6, 6.07) is 4.46. The van der Waals surface area contributed by atoms with Crippen LogP contribution in [0.25, 0.3) is 0 Å². The quantitative estimate of drug-likeness (QED) is 0.849. The van der Waals surface area contributed by atoms with Crippen LogP contribution < -0.4 is 5.32 Å². The van der Waals surface area contributed by atoms with Crippen LogP contribution in [0.2, 0.25) is 5.02 Å². The fourth-order valence-corrected chi connectivity index (χ4v) is 3.97. The van der Waals surface area contributed by atoms with Gasteiger partial charge >= 0.3 is 0 Å². The van der Waals surface area contributed by atoms with Crippen LogP contribution in [-0.2, 0) is 4.74 Å². The zero-order chi connectivity index (χ0) is 15.5. The molecule has 118 valence electrons. The van der Waals surface area contributed by atoms with Crippen LogP contribution in [0.3, 0.4) is 0 Å². The van der Waals surface area contributed by atoms with E-state index < -0.39 is 0 Å². The molecule has 1 aromatic carbocycles. The molecule has 1 saturated carbocycles. The molecule has 0 saturated heterocycles. The van der Waals surface area contributed by atoms with E-state index in [-0.39, 0.29) is 17.5 Å². The lowest BCUT2D eigenvalue weighted by atomic mass is 9.72. The predicted octanol–water partition coefficient (Wildman–Crippen LogP) is 4.73. The standard InChI is InChI=1S/C17H25ClFNO/c1-4-21-17(9-5-6-12(2)11-17)16(20-3)14-10-13(19)7-8-15(14)18/h7-8,10,12,16,20H,4-6,9,11H2,1-3H3. The number of rotatable bonds is 5. The van der Waals surface area contributed by atoms with E-state index in [1.165, 1.54) is 18.6 Å². The minimum atomic E-state index is -0.307. The Bertz CT molecular complexity index is 478. The molecular formula is C17H25ClFNO. The van der Waals surface area contributed by atoms with Crippen molar-refractivity contribution in [2.45, 2.75) is 51.2 Å². The van der Waals surface area contributed by atoms with Gasteiger partial charge in [0.2, 0.25) is 0 Å². The van der Waals surface area contributed by atoms with Crippen molar-refractivity contribution in [1.29, 1.82) is 0 Å². The lowest BCUT2D eigenvalue weighted by Gasteiger charge is -2.45. The van der Waals surface area contributed by atoms with E-state index in [2.05, 4.69) is 12.2 Å². The van der Waals surface area contributed by atoms with Crippen LogP contribution in [0.4, 0.5) is 4.39 Å². The largest absolute Gasteiger partial charge is 0.373 e. The molecule has 0 amide bonds. The highest BCUT2D eigenvalue weighted by molar-refractivity contribution is 6.31. The second-order valence-electron chi connectivity index (χ2n) is 6.09. The molecule has 4 heteroatoms. The first-order valence-corrected chi connectivity index (χ1v) is 8.16. The fraction of sp³-hybridized carbons (Fsp3) is 0.647. The third-order valence-electron chi connectivity index (χ3n) is 4.51. The van der Waals surface area contributed by atoms with Gasteiger partial charge in [-0.1, -0.05) is 31.4 Å². The first-order chi connectivity index (χ1) is 10.0. The Balaban J connectivity index is 2.42. The summed E-state index contributed by atoms with van der Waals surface area (Å²) in [6.07, 6.45) is 4.30. The Morgan fingerprint density at radius 3 is 2.90 bits per heavy atom. The fourth-order valence-electron chi connectivity index (χ4n) is 3.75. The van der Waals surface area contributed by atoms with E-state index in [0.717, 1.165) is 24.8 Å². The van der Waals surface area contributed by atoms with E-state index in [1.54, 1.807) is 6.07 Å². The van der Waals surface area contributed by atoms with Crippen molar-refractivity contribution in [3.8, 4) is 0 Å². The van der Waals surface area contributed by atoms with Crippen LogP contribution >= 0.6 is 11.6 Å². The summed E-state index contributed by atoms with van der Waals surface area (Å²) in [6.45, 7) is 4.92. The van der Waals surface area contributed by atoms with Gasteiger partial charge in [0.25, 0.3) is 0 Å². The van der Waals surface area contributed by atoms with Gasteiger partial charge in [-0.05, 0) is 56.5 Å². The van der Waals surface area contributed by atoms with Gasteiger partial charge in [0.15, 0.2) is 0 Å². The van der Waals surface area contributed by atoms with Crippen molar-refractivity contribution < 1.29 is 9.13 Å². The molecule has 0 radical (unpaired) electrons. The normalized spacial score (nSPS) is 27.6. The van der Waals surface area contributed by atoms with Crippen molar-refractivity contribution >= 4 is 11.6 Å². The van der Waals surface area contributed by atoms with Gasteiger partial charge in [0.1, 0.15) is 5.82 Å². The van der Waals surface area contributed by atoms with Crippen molar-refractivity contribution in [2.75, 3.05) is 13.7 Å². The lowest BCUT2D eigenvalue weighted by Crippen LogP contribution is -2.48. The molecule has 0 aromatic heterocycles. The van der Waals surface area contributed by atoms with E-state index in [4.69, 9.17) is 16.3 Å². The van der Waals surface area contributed by atoms with Gasteiger partial charge in [-0.15, -0.1) is 0 Å². The Morgan fingerprint density at radius 1 is 1.52 bits per heavy atom. The van der Waals surface area contributed by atoms with Crippen LogP contribution in [-0.4, -0.2) is 19.3 Å². The topological polar surface area (TPSA) is 21.3 Å². The average Bonchev–Trinajstić information content (AvgIpc) is 2.43. The summed E-state index contributed by atoms with van der Waals surface area (Å²) < 4.78 is 19.9. The van der Waals surface area contributed by atoms with Gasteiger partial charge in [-0.25, -0.2) is 4.39 Å². The highest BCUT2D eigenvalue weighted by atomic mass is 35.5. The number of nitrogens with one attached hydrogen (secondary N) is 1. The van der Waals surface area contributed by atoms with Crippen LogP contribution in [0.15, 0.2) is 18.2 Å². The molecule has 21 heavy (non-hydrogen) atoms. The monoisotopic (exact) mass is 313 g/mol. The van der Waals surface area contributed by atoms with Gasteiger partial charge in [-0.2, -0.15) is 0 Å². The van der Waals surface area contributed by atoms with Crippen LogP contribution in [0.5, 0.6) is 0 Å². The van der Waals surface area contributed by atoms with E-state index in [1.807, 2.05) is 14.0 Å². The summed E-state index contributed by atoms with van der Waals surface area (Å²) in [5.41, 5.74) is 0.486. The summed E-state index contributed by atoms with van der Waals surface area (Å²) in [4.78, 5) is 0. The van der Waals surface area contributed by atoms with Crippen molar-refractivity contribution in [1.82, 2.24) is 5.32 Å². The smallest absolute Gasteiger partial charge is 0.123 e. The minimum Gasteiger partial charge on any atom is -0.373 e. The molecule has 1 fully saturated rings. The molecule has 0 aliphatic heterocycles. The highest BCUT2D eigenvalue weighted by Crippen LogP contribution is 2.45. The third kappa shape index (κ3) is 3.58.